The van der Waals surface area contributed by atoms with E-state index in [9.17, 15) is 4.79 Å². The maximum absolute atomic E-state index is 11.5. The molecule has 18 heavy (non-hydrogen) atoms. The fourth-order valence-electron chi connectivity index (χ4n) is 1.89. The molecular weight excluding hydrogens is 230 g/mol. The number of rotatable bonds is 5. The van der Waals surface area contributed by atoms with Gasteiger partial charge in [-0.1, -0.05) is 17.7 Å². The van der Waals surface area contributed by atoms with Crippen molar-refractivity contribution < 1.29 is 14.6 Å². The Bertz CT molecular complexity index is 406. The van der Waals surface area contributed by atoms with Crippen LogP contribution < -0.4 is 10.1 Å². The van der Waals surface area contributed by atoms with E-state index in [0.717, 1.165) is 16.9 Å². The lowest BCUT2D eigenvalue weighted by Crippen LogP contribution is -2.38. The number of benzene rings is 1. The second-order valence-corrected chi connectivity index (χ2v) is 4.67. The van der Waals surface area contributed by atoms with E-state index in [4.69, 9.17) is 9.84 Å². The monoisotopic (exact) mass is 251 g/mol. The first-order valence-corrected chi connectivity index (χ1v) is 6.05. The van der Waals surface area contributed by atoms with Crippen LogP contribution in [0.2, 0.25) is 0 Å². The van der Waals surface area contributed by atoms with E-state index >= 15 is 0 Å². The topological polar surface area (TPSA) is 58.6 Å². The highest BCUT2D eigenvalue weighted by Crippen LogP contribution is 2.24. The third kappa shape index (κ3) is 4.04. The van der Waals surface area contributed by atoms with Gasteiger partial charge in [0.25, 0.3) is 5.91 Å². The van der Waals surface area contributed by atoms with Crippen molar-refractivity contribution in [1.29, 1.82) is 0 Å². The summed E-state index contributed by atoms with van der Waals surface area (Å²) in [7, 11) is 0. The average Bonchev–Trinajstić information content (AvgIpc) is 2.27. The molecular formula is C14H21NO3. The highest BCUT2D eigenvalue weighted by Gasteiger charge is 2.10. The Hall–Kier alpha value is -1.55. The van der Waals surface area contributed by atoms with Crippen LogP contribution in [0.5, 0.6) is 5.75 Å². The maximum atomic E-state index is 11.5. The molecule has 100 valence electrons. The molecule has 4 nitrogen and oxygen atoms in total. The molecule has 0 saturated heterocycles. The normalized spacial score (nSPS) is 12.1. The first-order valence-electron chi connectivity index (χ1n) is 6.05. The molecule has 0 spiro atoms. The van der Waals surface area contributed by atoms with Crippen molar-refractivity contribution in [3.63, 3.8) is 0 Å². The summed E-state index contributed by atoms with van der Waals surface area (Å²) in [5.41, 5.74) is 3.22. The molecule has 1 amide bonds. The molecule has 0 aliphatic rings. The lowest BCUT2D eigenvalue weighted by atomic mass is 10.1. The number of aryl methyl sites for hydroxylation is 3. The van der Waals surface area contributed by atoms with Crippen LogP contribution in [0.4, 0.5) is 0 Å². The van der Waals surface area contributed by atoms with Crippen molar-refractivity contribution in [2.75, 3.05) is 13.2 Å². The molecule has 1 aromatic carbocycles. The highest BCUT2D eigenvalue weighted by atomic mass is 16.5. The Labute approximate surface area is 108 Å². The summed E-state index contributed by atoms with van der Waals surface area (Å²) >= 11 is 0. The molecule has 0 unspecified atom stereocenters. The van der Waals surface area contributed by atoms with Gasteiger partial charge in [-0.3, -0.25) is 4.79 Å². The van der Waals surface area contributed by atoms with Crippen LogP contribution in [0, 0.1) is 20.8 Å². The number of hydrogen-bond donors (Lipinski definition) is 2. The van der Waals surface area contributed by atoms with Gasteiger partial charge in [-0.05, 0) is 38.8 Å². The number of carbonyl (C=O) groups excluding carboxylic acids is 1. The predicted octanol–water partition coefficient (Wildman–Crippen LogP) is 1.49. The van der Waals surface area contributed by atoms with E-state index in [1.807, 2.05) is 32.9 Å². The third-order valence-corrected chi connectivity index (χ3v) is 2.63. The minimum Gasteiger partial charge on any atom is -0.483 e. The number of aliphatic hydroxyl groups excluding tert-OH is 1. The number of hydrogen-bond acceptors (Lipinski definition) is 3. The second kappa shape index (κ2) is 6.40. The summed E-state index contributed by atoms with van der Waals surface area (Å²) in [5.74, 6) is 0.531. The molecule has 0 fully saturated rings. The molecule has 0 aromatic heterocycles. The van der Waals surface area contributed by atoms with E-state index in [1.54, 1.807) is 6.92 Å². The molecule has 0 aliphatic carbocycles. The van der Waals surface area contributed by atoms with Crippen LogP contribution in [0.15, 0.2) is 12.1 Å². The van der Waals surface area contributed by atoms with Gasteiger partial charge in [0.1, 0.15) is 5.75 Å². The molecule has 0 bridgehead atoms. The van der Waals surface area contributed by atoms with Crippen LogP contribution in [0.25, 0.3) is 0 Å². The molecule has 0 heterocycles. The van der Waals surface area contributed by atoms with Gasteiger partial charge in [0.15, 0.2) is 6.61 Å². The van der Waals surface area contributed by atoms with Crippen LogP contribution in [0.3, 0.4) is 0 Å². The van der Waals surface area contributed by atoms with Crippen molar-refractivity contribution >= 4 is 5.91 Å². The molecule has 1 aromatic rings. The minimum absolute atomic E-state index is 0.0327. The van der Waals surface area contributed by atoms with E-state index in [-0.39, 0.29) is 25.2 Å². The zero-order valence-electron chi connectivity index (χ0n) is 11.4. The zero-order valence-corrected chi connectivity index (χ0v) is 11.4. The van der Waals surface area contributed by atoms with Gasteiger partial charge in [-0.2, -0.15) is 0 Å². The van der Waals surface area contributed by atoms with Crippen molar-refractivity contribution in [3.8, 4) is 5.75 Å². The second-order valence-electron chi connectivity index (χ2n) is 4.67. The number of ether oxygens (including phenoxy) is 1. The van der Waals surface area contributed by atoms with Crippen LogP contribution >= 0.6 is 0 Å². The number of nitrogens with one attached hydrogen (secondary N) is 1. The number of amides is 1. The number of aliphatic hydroxyl groups is 1. The van der Waals surface area contributed by atoms with Crippen molar-refractivity contribution in [2.24, 2.45) is 0 Å². The summed E-state index contributed by atoms with van der Waals surface area (Å²) < 4.78 is 5.54. The summed E-state index contributed by atoms with van der Waals surface area (Å²) in [5, 5.41) is 11.5. The molecule has 0 aliphatic heterocycles. The summed E-state index contributed by atoms with van der Waals surface area (Å²) in [6.07, 6.45) is 0. The van der Waals surface area contributed by atoms with Gasteiger partial charge in [0.05, 0.1) is 6.61 Å². The van der Waals surface area contributed by atoms with Crippen molar-refractivity contribution in [1.82, 2.24) is 5.32 Å². The molecule has 1 atom stereocenters. The summed E-state index contributed by atoms with van der Waals surface area (Å²) in [6, 6.07) is 3.80. The van der Waals surface area contributed by atoms with Crippen LogP contribution in [-0.4, -0.2) is 30.3 Å². The zero-order chi connectivity index (χ0) is 13.7. The SMILES string of the molecule is Cc1cc(C)c(OCC(=O)N[C@@H](C)CO)c(C)c1. The Morgan fingerprint density at radius 1 is 1.33 bits per heavy atom. The Balaban J connectivity index is 2.61. The van der Waals surface area contributed by atoms with E-state index < -0.39 is 0 Å². The Morgan fingerprint density at radius 2 is 1.89 bits per heavy atom. The Kier molecular flexibility index (Phi) is 5.16. The van der Waals surface area contributed by atoms with Gasteiger partial charge in [0, 0.05) is 6.04 Å². The lowest BCUT2D eigenvalue weighted by molar-refractivity contribution is -0.124. The molecule has 1 rings (SSSR count). The highest BCUT2D eigenvalue weighted by molar-refractivity contribution is 5.77. The molecule has 2 N–H and O–H groups in total. The largest absolute Gasteiger partial charge is 0.483 e. The molecule has 0 saturated carbocycles. The summed E-state index contributed by atoms with van der Waals surface area (Å²) in [4.78, 5) is 11.5. The van der Waals surface area contributed by atoms with E-state index in [2.05, 4.69) is 5.32 Å². The third-order valence-electron chi connectivity index (χ3n) is 2.63. The van der Waals surface area contributed by atoms with E-state index in [0.29, 0.717) is 0 Å². The van der Waals surface area contributed by atoms with E-state index in [1.165, 1.54) is 5.56 Å². The standard InChI is InChI=1S/C14H21NO3/c1-9-5-10(2)14(11(3)6-9)18-8-13(17)15-12(4)7-16/h5-6,12,16H,7-8H2,1-4H3,(H,15,17)/t12-/m0/s1. The molecule has 0 radical (unpaired) electrons. The molecule has 4 heteroatoms. The van der Waals surface area contributed by atoms with Crippen molar-refractivity contribution in [3.05, 3.63) is 28.8 Å². The quantitative estimate of drug-likeness (QED) is 0.833. The van der Waals surface area contributed by atoms with Gasteiger partial charge in [-0.25, -0.2) is 0 Å². The first-order chi connectivity index (χ1) is 8.43. The van der Waals surface area contributed by atoms with Gasteiger partial charge >= 0.3 is 0 Å². The van der Waals surface area contributed by atoms with Gasteiger partial charge < -0.3 is 15.2 Å². The summed E-state index contributed by atoms with van der Waals surface area (Å²) in [6.45, 7) is 7.58. The fourth-order valence-corrected chi connectivity index (χ4v) is 1.89. The predicted molar refractivity (Wildman–Crippen MR) is 70.8 cm³/mol. The minimum atomic E-state index is -0.249. The maximum Gasteiger partial charge on any atom is 0.258 e. The smallest absolute Gasteiger partial charge is 0.258 e. The van der Waals surface area contributed by atoms with Gasteiger partial charge in [0.2, 0.25) is 0 Å². The van der Waals surface area contributed by atoms with Gasteiger partial charge in [-0.15, -0.1) is 0 Å². The fraction of sp³-hybridized carbons (Fsp3) is 0.500. The van der Waals surface area contributed by atoms with Crippen LogP contribution in [0.1, 0.15) is 23.6 Å². The van der Waals surface area contributed by atoms with Crippen molar-refractivity contribution in [2.45, 2.75) is 33.7 Å². The Morgan fingerprint density at radius 3 is 2.39 bits per heavy atom. The first kappa shape index (κ1) is 14.5. The van der Waals surface area contributed by atoms with Crippen LogP contribution in [-0.2, 0) is 4.79 Å². The number of carbonyl (C=O) groups is 1. The lowest BCUT2D eigenvalue weighted by Gasteiger charge is -2.14. The average molecular weight is 251 g/mol.